The first-order valence-corrected chi connectivity index (χ1v) is 5.81. The van der Waals surface area contributed by atoms with E-state index >= 15 is 0 Å². The number of nitrogens with zero attached hydrogens (tertiary/aromatic N) is 1. The third kappa shape index (κ3) is 2.84. The lowest BCUT2D eigenvalue weighted by Gasteiger charge is -2.10. The maximum Gasteiger partial charge on any atom is 0.152 e. The highest BCUT2D eigenvalue weighted by Gasteiger charge is 2.05. The van der Waals surface area contributed by atoms with Crippen LogP contribution in [-0.2, 0) is 6.54 Å². The molecule has 2 aromatic rings. The zero-order chi connectivity index (χ0) is 13.1. The van der Waals surface area contributed by atoms with E-state index in [0.29, 0.717) is 22.9 Å². The molecule has 0 aliphatic heterocycles. The van der Waals surface area contributed by atoms with Crippen molar-refractivity contribution >= 4 is 17.3 Å². The summed E-state index contributed by atoms with van der Waals surface area (Å²) in [7, 11) is 0. The summed E-state index contributed by atoms with van der Waals surface area (Å²) < 4.78 is 0. The largest absolute Gasteiger partial charge is 0.508 e. The molecule has 0 saturated heterocycles. The smallest absolute Gasteiger partial charge is 0.152 e. The zero-order valence-corrected chi connectivity index (χ0v) is 10.6. The lowest BCUT2D eigenvalue weighted by Crippen LogP contribution is -2.01. The van der Waals surface area contributed by atoms with E-state index in [1.807, 2.05) is 13.0 Å². The Kier molecular flexibility index (Phi) is 3.58. The zero-order valence-electron chi connectivity index (χ0n) is 9.81. The molecule has 1 aromatic heterocycles. The van der Waals surface area contributed by atoms with Crippen molar-refractivity contribution < 1.29 is 10.2 Å². The Morgan fingerprint density at radius 3 is 2.78 bits per heavy atom. The predicted molar refractivity (Wildman–Crippen MR) is 71.1 cm³/mol. The maximum atomic E-state index is 9.64. The van der Waals surface area contributed by atoms with Crippen LogP contribution in [-0.4, -0.2) is 15.2 Å². The van der Waals surface area contributed by atoms with Gasteiger partial charge in [0, 0.05) is 24.4 Å². The lowest BCUT2D eigenvalue weighted by molar-refractivity contribution is 0.446. The molecule has 3 N–H and O–H groups in total. The fraction of sp³-hybridized carbons (Fsp3) is 0.154. The SMILES string of the molecule is Cc1cnc(Cl)c(NCc2ccc(O)cc2O)c1. The molecule has 0 radical (unpaired) electrons. The number of aryl methyl sites for hydroxylation is 1. The standard InChI is InChI=1S/C13H13ClN2O2/c1-8-4-11(13(14)16-6-8)15-7-9-2-3-10(17)5-12(9)18/h2-6,15,17-18H,7H2,1H3. The van der Waals surface area contributed by atoms with E-state index in [4.69, 9.17) is 11.6 Å². The molecule has 0 fully saturated rings. The van der Waals surface area contributed by atoms with E-state index in [0.717, 1.165) is 5.56 Å². The van der Waals surface area contributed by atoms with Crippen LogP contribution >= 0.6 is 11.6 Å². The van der Waals surface area contributed by atoms with Crippen molar-refractivity contribution in [1.82, 2.24) is 4.98 Å². The number of anilines is 1. The van der Waals surface area contributed by atoms with Crippen LogP contribution in [0.5, 0.6) is 11.5 Å². The summed E-state index contributed by atoms with van der Waals surface area (Å²) in [6.45, 7) is 2.32. The average molecular weight is 265 g/mol. The molecule has 2 rings (SSSR count). The van der Waals surface area contributed by atoms with E-state index in [-0.39, 0.29) is 11.5 Å². The maximum absolute atomic E-state index is 9.64. The Bertz CT molecular complexity index is 573. The normalized spacial score (nSPS) is 10.3. The number of nitrogens with one attached hydrogen (secondary N) is 1. The Balaban J connectivity index is 2.13. The van der Waals surface area contributed by atoms with E-state index < -0.39 is 0 Å². The Morgan fingerprint density at radius 1 is 1.28 bits per heavy atom. The molecule has 0 aliphatic carbocycles. The van der Waals surface area contributed by atoms with Gasteiger partial charge in [0.1, 0.15) is 11.5 Å². The van der Waals surface area contributed by atoms with Crippen molar-refractivity contribution in [2.75, 3.05) is 5.32 Å². The number of phenols is 2. The van der Waals surface area contributed by atoms with Crippen LogP contribution in [0.3, 0.4) is 0 Å². The van der Waals surface area contributed by atoms with E-state index in [2.05, 4.69) is 10.3 Å². The summed E-state index contributed by atoms with van der Waals surface area (Å²) in [6.07, 6.45) is 1.69. The number of aromatic hydroxyl groups is 2. The first-order chi connectivity index (χ1) is 8.56. The molecule has 0 atom stereocenters. The lowest BCUT2D eigenvalue weighted by atomic mass is 10.2. The summed E-state index contributed by atoms with van der Waals surface area (Å²) in [5.41, 5.74) is 2.38. The molecular formula is C13H13ClN2O2. The van der Waals surface area contributed by atoms with Crippen LogP contribution < -0.4 is 5.32 Å². The van der Waals surface area contributed by atoms with Crippen molar-refractivity contribution in [3.8, 4) is 11.5 Å². The molecule has 18 heavy (non-hydrogen) atoms. The minimum atomic E-state index is 0.0338. The third-order valence-corrected chi connectivity index (χ3v) is 2.82. The van der Waals surface area contributed by atoms with Crippen LogP contribution in [0.4, 0.5) is 5.69 Å². The van der Waals surface area contributed by atoms with Crippen molar-refractivity contribution in [3.05, 3.63) is 46.7 Å². The number of rotatable bonds is 3. The van der Waals surface area contributed by atoms with Crippen LogP contribution in [0.1, 0.15) is 11.1 Å². The van der Waals surface area contributed by atoms with Gasteiger partial charge in [0.15, 0.2) is 5.15 Å². The number of benzene rings is 1. The fourth-order valence-electron chi connectivity index (χ4n) is 1.57. The second-order valence-corrected chi connectivity index (χ2v) is 4.38. The summed E-state index contributed by atoms with van der Waals surface area (Å²) in [5.74, 6) is 0.0748. The Hall–Kier alpha value is -1.94. The van der Waals surface area contributed by atoms with Gasteiger partial charge in [-0.1, -0.05) is 11.6 Å². The second-order valence-electron chi connectivity index (χ2n) is 4.02. The van der Waals surface area contributed by atoms with Gasteiger partial charge < -0.3 is 15.5 Å². The van der Waals surface area contributed by atoms with E-state index in [1.165, 1.54) is 12.1 Å². The molecule has 0 spiro atoms. The molecule has 0 amide bonds. The van der Waals surface area contributed by atoms with Gasteiger partial charge in [-0.15, -0.1) is 0 Å². The van der Waals surface area contributed by atoms with Gasteiger partial charge in [-0.05, 0) is 30.7 Å². The third-order valence-electron chi connectivity index (χ3n) is 2.51. The summed E-state index contributed by atoms with van der Waals surface area (Å²) in [6, 6.07) is 6.35. The molecule has 94 valence electrons. The van der Waals surface area contributed by atoms with Gasteiger partial charge in [-0.25, -0.2) is 4.98 Å². The highest BCUT2D eigenvalue weighted by atomic mass is 35.5. The number of hydrogen-bond donors (Lipinski definition) is 3. The highest BCUT2D eigenvalue weighted by molar-refractivity contribution is 6.31. The number of pyridine rings is 1. The van der Waals surface area contributed by atoms with Gasteiger partial charge in [0.25, 0.3) is 0 Å². The molecule has 0 unspecified atom stereocenters. The van der Waals surface area contributed by atoms with Gasteiger partial charge in [0.2, 0.25) is 0 Å². The molecule has 4 nitrogen and oxygen atoms in total. The number of halogens is 1. The Morgan fingerprint density at radius 2 is 2.06 bits per heavy atom. The van der Waals surface area contributed by atoms with Gasteiger partial charge in [-0.2, -0.15) is 0 Å². The second kappa shape index (κ2) is 5.14. The molecule has 5 heteroatoms. The van der Waals surface area contributed by atoms with Crippen LogP contribution in [0, 0.1) is 6.92 Å². The van der Waals surface area contributed by atoms with E-state index in [1.54, 1.807) is 12.3 Å². The molecular weight excluding hydrogens is 252 g/mol. The fourth-order valence-corrected chi connectivity index (χ4v) is 1.74. The Labute approximate surface area is 110 Å². The highest BCUT2D eigenvalue weighted by Crippen LogP contribution is 2.25. The number of aromatic nitrogens is 1. The van der Waals surface area contributed by atoms with Crippen molar-refractivity contribution in [3.63, 3.8) is 0 Å². The molecule has 1 aromatic carbocycles. The van der Waals surface area contributed by atoms with Crippen molar-refractivity contribution in [1.29, 1.82) is 0 Å². The molecule has 0 bridgehead atoms. The molecule has 0 aliphatic rings. The summed E-state index contributed by atoms with van der Waals surface area (Å²) in [4.78, 5) is 4.03. The average Bonchev–Trinajstić information content (AvgIpc) is 2.32. The quantitative estimate of drug-likeness (QED) is 0.746. The number of hydrogen-bond acceptors (Lipinski definition) is 4. The van der Waals surface area contributed by atoms with E-state index in [9.17, 15) is 10.2 Å². The van der Waals surface area contributed by atoms with Crippen molar-refractivity contribution in [2.45, 2.75) is 13.5 Å². The van der Waals surface area contributed by atoms with Gasteiger partial charge in [0.05, 0.1) is 5.69 Å². The van der Waals surface area contributed by atoms with Gasteiger partial charge >= 0.3 is 0 Å². The summed E-state index contributed by atoms with van der Waals surface area (Å²) >= 11 is 5.95. The molecule has 1 heterocycles. The first-order valence-electron chi connectivity index (χ1n) is 5.43. The summed E-state index contributed by atoms with van der Waals surface area (Å²) in [5, 5.41) is 22.3. The first kappa shape index (κ1) is 12.5. The van der Waals surface area contributed by atoms with Crippen LogP contribution in [0.15, 0.2) is 30.5 Å². The van der Waals surface area contributed by atoms with Crippen LogP contribution in [0.2, 0.25) is 5.15 Å². The van der Waals surface area contributed by atoms with Crippen LogP contribution in [0.25, 0.3) is 0 Å². The number of phenolic OH excluding ortho intramolecular Hbond substituents is 2. The molecule has 0 saturated carbocycles. The topological polar surface area (TPSA) is 65.4 Å². The minimum Gasteiger partial charge on any atom is -0.508 e. The van der Waals surface area contributed by atoms with Crippen molar-refractivity contribution in [2.24, 2.45) is 0 Å². The van der Waals surface area contributed by atoms with Gasteiger partial charge in [-0.3, -0.25) is 0 Å². The minimum absolute atomic E-state index is 0.0338. The predicted octanol–water partition coefficient (Wildman–Crippen LogP) is 3.07. The monoisotopic (exact) mass is 264 g/mol.